The van der Waals surface area contributed by atoms with Crippen LogP contribution in [0.2, 0.25) is 0 Å². The van der Waals surface area contributed by atoms with E-state index in [1.54, 1.807) is 9.58 Å². The molecule has 150 valence electrons. The maximum absolute atomic E-state index is 12.9. The molecular formula is C17H22N6O5. The Bertz CT molecular complexity index is 867. The highest BCUT2D eigenvalue weighted by Crippen LogP contribution is 2.19. The standard InChI is InChI=1S/C17H22N6O5/c1-2-23-15(16(25)21-5-7-28-8-6-21)13(10-19-23)20-14(24)3-4-22-11-12(9-18-22)17(26)27/h9-11H,2-8H2,1H3,(H,20,24)(H,26,27). The highest BCUT2D eigenvalue weighted by molar-refractivity contribution is 6.02. The summed E-state index contributed by atoms with van der Waals surface area (Å²) in [5.41, 5.74) is 0.753. The molecule has 0 atom stereocenters. The van der Waals surface area contributed by atoms with E-state index >= 15 is 0 Å². The summed E-state index contributed by atoms with van der Waals surface area (Å²) in [5, 5.41) is 19.7. The van der Waals surface area contributed by atoms with E-state index in [0.29, 0.717) is 44.2 Å². The minimum Gasteiger partial charge on any atom is -0.478 e. The van der Waals surface area contributed by atoms with Crippen LogP contribution in [0.25, 0.3) is 0 Å². The zero-order valence-electron chi connectivity index (χ0n) is 15.5. The number of rotatable bonds is 7. The van der Waals surface area contributed by atoms with Gasteiger partial charge >= 0.3 is 5.97 Å². The van der Waals surface area contributed by atoms with E-state index in [1.807, 2.05) is 6.92 Å². The molecule has 0 spiro atoms. The topological polar surface area (TPSA) is 132 Å². The highest BCUT2D eigenvalue weighted by Gasteiger charge is 2.26. The summed E-state index contributed by atoms with van der Waals surface area (Å²) in [6, 6.07) is 0. The van der Waals surface area contributed by atoms with E-state index < -0.39 is 5.97 Å². The zero-order chi connectivity index (χ0) is 20.1. The first-order chi connectivity index (χ1) is 13.5. The van der Waals surface area contributed by atoms with Crippen LogP contribution in [0.15, 0.2) is 18.6 Å². The molecule has 1 saturated heterocycles. The lowest BCUT2D eigenvalue weighted by Gasteiger charge is -2.27. The first-order valence-corrected chi connectivity index (χ1v) is 8.98. The fourth-order valence-electron chi connectivity index (χ4n) is 2.88. The maximum atomic E-state index is 12.9. The van der Waals surface area contributed by atoms with Gasteiger partial charge in [-0.1, -0.05) is 0 Å². The van der Waals surface area contributed by atoms with Gasteiger partial charge in [0.2, 0.25) is 5.91 Å². The predicted octanol–water partition coefficient (Wildman–Crippen LogP) is 0.299. The van der Waals surface area contributed by atoms with Crippen molar-refractivity contribution in [1.29, 1.82) is 0 Å². The van der Waals surface area contributed by atoms with E-state index in [4.69, 9.17) is 9.84 Å². The van der Waals surface area contributed by atoms with Crippen molar-refractivity contribution in [1.82, 2.24) is 24.5 Å². The van der Waals surface area contributed by atoms with Gasteiger partial charge in [-0.25, -0.2) is 4.79 Å². The predicted molar refractivity (Wildman–Crippen MR) is 97.1 cm³/mol. The lowest BCUT2D eigenvalue weighted by atomic mass is 10.2. The van der Waals surface area contributed by atoms with Crippen LogP contribution >= 0.6 is 0 Å². The zero-order valence-corrected chi connectivity index (χ0v) is 15.5. The molecule has 3 heterocycles. The van der Waals surface area contributed by atoms with Crippen LogP contribution in [0.4, 0.5) is 5.69 Å². The van der Waals surface area contributed by atoms with E-state index in [-0.39, 0.29) is 30.3 Å². The number of carboxylic acid groups (broad SMARTS) is 1. The Labute approximate surface area is 160 Å². The second-order valence-corrected chi connectivity index (χ2v) is 6.22. The number of hydrogen-bond acceptors (Lipinski definition) is 6. The molecule has 0 saturated carbocycles. The van der Waals surface area contributed by atoms with Gasteiger partial charge in [-0.05, 0) is 6.92 Å². The van der Waals surface area contributed by atoms with Crippen molar-refractivity contribution in [3.8, 4) is 0 Å². The number of carbonyl (C=O) groups excluding carboxylic acids is 2. The number of amides is 2. The van der Waals surface area contributed by atoms with Crippen molar-refractivity contribution in [2.24, 2.45) is 0 Å². The number of carbonyl (C=O) groups is 3. The van der Waals surface area contributed by atoms with Gasteiger partial charge in [0.05, 0.1) is 36.9 Å². The van der Waals surface area contributed by atoms with Crippen molar-refractivity contribution in [3.63, 3.8) is 0 Å². The molecule has 1 fully saturated rings. The molecule has 3 rings (SSSR count). The van der Waals surface area contributed by atoms with Crippen LogP contribution in [0.3, 0.4) is 0 Å². The fraction of sp³-hybridized carbons (Fsp3) is 0.471. The maximum Gasteiger partial charge on any atom is 0.338 e. The fourth-order valence-corrected chi connectivity index (χ4v) is 2.88. The molecule has 11 nitrogen and oxygen atoms in total. The monoisotopic (exact) mass is 390 g/mol. The number of carboxylic acids is 1. The van der Waals surface area contributed by atoms with Crippen molar-refractivity contribution >= 4 is 23.5 Å². The molecule has 0 bridgehead atoms. The second kappa shape index (κ2) is 8.65. The molecule has 0 radical (unpaired) electrons. The SMILES string of the molecule is CCn1ncc(NC(=O)CCn2cc(C(=O)O)cn2)c1C(=O)N1CCOCC1. The first kappa shape index (κ1) is 19.5. The summed E-state index contributed by atoms with van der Waals surface area (Å²) in [6.45, 7) is 4.52. The summed E-state index contributed by atoms with van der Waals surface area (Å²) >= 11 is 0. The van der Waals surface area contributed by atoms with Gasteiger partial charge in [-0.3, -0.25) is 19.0 Å². The molecular weight excluding hydrogens is 368 g/mol. The quantitative estimate of drug-likeness (QED) is 0.695. The average Bonchev–Trinajstić information content (AvgIpc) is 3.33. The second-order valence-electron chi connectivity index (χ2n) is 6.22. The van der Waals surface area contributed by atoms with Crippen molar-refractivity contribution < 1.29 is 24.2 Å². The molecule has 0 aromatic carbocycles. The van der Waals surface area contributed by atoms with Gasteiger partial charge in [0.25, 0.3) is 5.91 Å². The molecule has 0 aliphatic carbocycles. The van der Waals surface area contributed by atoms with Gasteiger partial charge in [-0.15, -0.1) is 0 Å². The number of hydrogen-bond donors (Lipinski definition) is 2. The Balaban J connectivity index is 1.65. The molecule has 2 aromatic rings. The van der Waals surface area contributed by atoms with Crippen LogP contribution in [0.1, 0.15) is 34.2 Å². The molecule has 1 aliphatic heterocycles. The summed E-state index contributed by atoms with van der Waals surface area (Å²) in [4.78, 5) is 37.8. The largest absolute Gasteiger partial charge is 0.478 e. The van der Waals surface area contributed by atoms with Crippen LogP contribution in [-0.4, -0.2) is 73.7 Å². The Morgan fingerprint density at radius 2 is 1.96 bits per heavy atom. The van der Waals surface area contributed by atoms with Crippen LogP contribution in [0.5, 0.6) is 0 Å². The van der Waals surface area contributed by atoms with Crippen molar-refractivity contribution in [3.05, 3.63) is 29.8 Å². The van der Waals surface area contributed by atoms with Gasteiger partial charge in [0, 0.05) is 38.8 Å². The van der Waals surface area contributed by atoms with Crippen molar-refractivity contribution in [2.45, 2.75) is 26.4 Å². The Morgan fingerprint density at radius 1 is 1.21 bits per heavy atom. The minimum atomic E-state index is -1.08. The van der Waals surface area contributed by atoms with Crippen LogP contribution in [0, 0.1) is 0 Å². The first-order valence-electron chi connectivity index (χ1n) is 8.98. The third-order valence-corrected chi connectivity index (χ3v) is 4.36. The number of aryl methyl sites for hydroxylation is 2. The summed E-state index contributed by atoms with van der Waals surface area (Å²) in [6.07, 6.45) is 4.12. The summed E-state index contributed by atoms with van der Waals surface area (Å²) in [7, 11) is 0. The lowest BCUT2D eigenvalue weighted by molar-refractivity contribution is -0.116. The Kier molecular flexibility index (Phi) is 6.04. The Morgan fingerprint density at radius 3 is 2.61 bits per heavy atom. The van der Waals surface area contributed by atoms with E-state index in [1.165, 1.54) is 23.3 Å². The molecule has 28 heavy (non-hydrogen) atoms. The van der Waals surface area contributed by atoms with E-state index in [0.717, 1.165) is 0 Å². The van der Waals surface area contributed by atoms with Gasteiger partial charge in [0.1, 0.15) is 5.69 Å². The van der Waals surface area contributed by atoms with Gasteiger partial charge in [-0.2, -0.15) is 10.2 Å². The molecule has 0 unspecified atom stereocenters. The highest BCUT2D eigenvalue weighted by atomic mass is 16.5. The van der Waals surface area contributed by atoms with E-state index in [2.05, 4.69) is 15.5 Å². The average molecular weight is 390 g/mol. The number of aromatic nitrogens is 4. The number of morpholine rings is 1. The minimum absolute atomic E-state index is 0.0584. The third kappa shape index (κ3) is 4.36. The van der Waals surface area contributed by atoms with Crippen LogP contribution in [-0.2, 0) is 22.6 Å². The summed E-state index contributed by atoms with van der Waals surface area (Å²) in [5.74, 6) is -1.59. The number of ether oxygens (including phenoxy) is 1. The molecule has 1 aliphatic rings. The molecule has 2 amide bonds. The van der Waals surface area contributed by atoms with Crippen molar-refractivity contribution in [2.75, 3.05) is 31.6 Å². The lowest BCUT2D eigenvalue weighted by Crippen LogP contribution is -2.41. The number of nitrogens with zero attached hydrogens (tertiary/aromatic N) is 5. The smallest absolute Gasteiger partial charge is 0.338 e. The summed E-state index contributed by atoms with van der Waals surface area (Å²) < 4.78 is 8.22. The van der Waals surface area contributed by atoms with E-state index in [9.17, 15) is 14.4 Å². The number of anilines is 1. The molecule has 2 N–H and O–H groups in total. The Hall–Kier alpha value is -3.21. The van der Waals surface area contributed by atoms with Gasteiger partial charge < -0.3 is 20.1 Å². The number of nitrogens with one attached hydrogen (secondary N) is 1. The normalized spacial score (nSPS) is 14.1. The number of aromatic carboxylic acids is 1. The molecule has 2 aromatic heterocycles. The third-order valence-electron chi connectivity index (χ3n) is 4.36. The van der Waals surface area contributed by atoms with Gasteiger partial charge in [0.15, 0.2) is 0 Å². The molecule has 11 heteroatoms. The van der Waals surface area contributed by atoms with Crippen LogP contribution < -0.4 is 5.32 Å².